The van der Waals surface area contributed by atoms with Crippen LogP contribution >= 0.6 is 0 Å². The molecule has 0 unspecified atom stereocenters. The molecule has 1 aliphatic heterocycles. The summed E-state index contributed by atoms with van der Waals surface area (Å²) in [5, 5.41) is 0. The lowest BCUT2D eigenvalue weighted by molar-refractivity contribution is 0.307. The molecule has 0 aliphatic carbocycles. The van der Waals surface area contributed by atoms with E-state index in [1.807, 2.05) is 0 Å². The lowest BCUT2D eigenvalue weighted by Crippen LogP contribution is -2.27. The first-order valence-corrected chi connectivity index (χ1v) is 7.39. The summed E-state index contributed by atoms with van der Waals surface area (Å²) in [5.41, 5.74) is 12.2. The molecule has 0 radical (unpaired) electrons. The van der Waals surface area contributed by atoms with Gasteiger partial charge in [-0.25, -0.2) is 0 Å². The minimum atomic E-state index is 0.575. The minimum absolute atomic E-state index is 0.575. The smallest absolute Gasteiger partial charge is 0.122 e. The number of nitrogens with zero attached hydrogens (tertiary/aromatic N) is 1. The highest BCUT2D eigenvalue weighted by Crippen LogP contribution is 2.35. The molecule has 2 aromatic rings. The van der Waals surface area contributed by atoms with Crippen LogP contribution in [0.1, 0.15) is 16.7 Å². The Morgan fingerprint density at radius 1 is 1.19 bits per heavy atom. The van der Waals surface area contributed by atoms with E-state index in [2.05, 4.69) is 48.3 Å². The van der Waals surface area contributed by atoms with Crippen LogP contribution in [0.4, 0.5) is 0 Å². The summed E-state index contributed by atoms with van der Waals surface area (Å²) < 4.78 is 5.55. The van der Waals surface area contributed by atoms with E-state index in [9.17, 15) is 0 Å². The summed E-state index contributed by atoms with van der Waals surface area (Å²) in [6, 6.07) is 12.8. The van der Waals surface area contributed by atoms with Gasteiger partial charge in [0.05, 0.1) is 7.11 Å². The van der Waals surface area contributed by atoms with Crippen LogP contribution in [0.3, 0.4) is 0 Å². The van der Waals surface area contributed by atoms with E-state index in [1.165, 1.54) is 27.8 Å². The summed E-state index contributed by atoms with van der Waals surface area (Å²) in [4.78, 5) is 2.36. The minimum Gasteiger partial charge on any atom is -0.496 e. The topological polar surface area (TPSA) is 38.5 Å². The highest BCUT2D eigenvalue weighted by atomic mass is 16.5. The van der Waals surface area contributed by atoms with Gasteiger partial charge in [-0.3, -0.25) is 0 Å². The summed E-state index contributed by atoms with van der Waals surface area (Å²) in [5.74, 6) is 1.01. The fourth-order valence-corrected chi connectivity index (χ4v) is 3.11. The number of fused-ring (bicyclic) bond motifs is 1. The van der Waals surface area contributed by atoms with E-state index in [1.54, 1.807) is 7.11 Å². The maximum Gasteiger partial charge on any atom is 0.122 e. The van der Waals surface area contributed by atoms with E-state index in [4.69, 9.17) is 10.5 Å². The normalized spacial score (nSPS) is 14.8. The number of nitrogens with two attached hydrogens (primary N) is 1. The first-order chi connectivity index (χ1) is 10.2. The van der Waals surface area contributed by atoms with E-state index < -0.39 is 0 Å². The lowest BCUT2D eigenvalue weighted by Gasteiger charge is -2.28. The molecule has 0 saturated carbocycles. The number of ether oxygens (including phenoxy) is 1. The summed E-state index contributed by atoms with van der Waals surface area (Å²) in [6.07, 6.45) is 1.04. The van der Waals surface area contributed by atoms with Crippen LogP contribution in [0.15, 0.2) is 36.4 Å². The third-order valence-electron chi connectivity index (χ3n) is 4.25. The first-order valence-electron chi connectivity index (χ1n) is 7.39. The number of hydrogen-bond acceptors (Lipinski definition) is 3. The Labute approximate surface area is 126 Å². The van der Waals surface area contributed by atoms with Crippen molar-refractivity contribution in [3.05, 3.63) is 53.1 Å². The monoisotopic (exact) mass is 282 g/mol. The summed E-state index contributed by atoms with van der Waals surface area (Å²) in [7, 11) is 3.92. The molecule has 0 fully saturated rings. The van der Waals surface area contributed by atoms with Crippen molar-refractivity contribution in [3.63, 3.8) is 0 Å². The zero-order valence-corrected chi connectivity index (χ0v) is 12.7. The molecule has 0 bridgehead atoms. The van der Waals surface area contributed by atoms with Gasteiger partial charge in [0.2, 0.25) is 0 Å². The van der Waals surface area contributed by atoms with Gasteiger partial charge in [0.1, 0.15) is 5.75 Å². The average Bonchev–Trinajstić information content (AvgIpc) is 2.53. The van der Waals surface area contributed by atoms with Gasteiger partial charge < -0.3 is 15.4 Å². The van der Waals surface area contributed by atoms with Crippen LogP contribution in [-0.4, -0.2) is 25.6 Å². The lowest BCUT2D eigenvalue weighted by atomic mass is 9.90. The van der Waals surface area contributed by atoms with Gasteiger partial charge >= 0.3 is 0 Å². The zero-order valence-electron chi connectivity index (χ0n) is 12.7. The van der Waals surface area contributed by atoms with Crippen molar-refractivity contribution in [3.8, 4) is 16.9 Å². The molecule has 1 heterocycles. The van der Waals surface area contributed by atoms with Gasteiger partial charge in [-0.1, -0.05) is 24.3 Å². The van der Waals surface area contributed by atoms with Crippen molar-refractivity contribution >= 4 is 0 Å². The van der Waals surface area contributed by atoms with Crippen molar-refractivity contribution in [2.75, 3.05) is 20.7 Å². The zero-order chi connectivity index (χ0) is 14.8. The second-order valence-electron chi connectivity index (χ2n) is 5.66. The Balaban J connectivity index is 2.14. The molecule has 3 nitrogen and oxygen atoms in total. The third kappa shape index (κ3) is 2.67. The van der Waals surface area contributed by atoms with Crippen LogP contribution in [0.2, 0.25) is 0 Å². The summed E-state index contributed by atoms with van der Waals surface area (Å²) >= 11 is 0. The maximum atomic E-state index is 5.77. The number of likely N-dealkylation sites (N-methyl/N-ethyl adjacent to an activating group) is 1. The Bertz CT molecular complexity index is 652. The van der Waals surface area contributed by atoms with E-state index in [0.29, 0.717) is 6.54 Å². The average molecular weight is 282 g/mol. The fourth-order valence-electron chi connectivity index (χ4n) is 3.11. The van der Waals surface area contributed by atoms with Gasteiger partial charge in [-0.05, 0) is 47.9 Å². The van der Waals surface area contributed by atoms with Gasteiger partial charge in [0.25, 0.3) is 0 Å². The van der Waals surface area contributed by atoms with Crippen molar-refractivity contribution in [2.45, 2.75) is 19.5 Å². The molecular formula is C18H22N2O. The fraction of sp³-hybridized carbons (Fsp3) is 0.333. The molecule has 21 heavy (non-hydrogen) atoms. The van der Waals surface area contributed by atoms with E-state index in [0.717, 1.165) is 25.3 Å². The predicted molar refractivity (Wildman–Crippen MR) is 86.4 cm³/mol. The van der Waals surface area contributed by atoms with Crippen molar-refractivity contribution in [1.82, 2.24) is 4.90 Å². The third-order valence-corrected chi connectivity index (χ3v) is 4.25. The van der Waals surface area contributed by atoms with Crippen molar-refractivity contribution < 1.29 is 4.74 Å². The van der Waals surface area contributed by atoms with Crippen LogP contribution in [0.5, 0.6) is 5.75 Å². The first kappa shape index (κ1) is 14.1. The molecule has 110 valence electrons. The van der Waals surface area contributed by atoms with Crippen LogP contribution in [0.25, 0.3) is 11.1 Å². The second-order valence-corrected chi connectivity index (χ2v) is 5.66. The van der Waals surface area contributed by atoms with Gasteiger partial charge in [-0.2, -0.15) is 0 Å². The van der Waals surface area contributed by atoms with Gasteiger partial charge in [0.15, 0.2) is 0 Å². The molecule has 1 aliphatic rings. The second kappa shape index (κ2) is 5.88. The van der Waals surface area contributed by atoms with Gasteiger partial charge in [-0.15, -0.1) is 0 Å². The Kier molecular flexibility index (Phi) is 3.95. The van der Waals surface area contributed by atoms with Crippen LogP contribution in [0, 0.1) is 0 Å². The molecule has 3 rings (SSSR count). The summed E-state index contributed by atoms with van der Waals surface area (Å²) in [6.45, 7) is 2.62. The Hall–Kier alpha value is -1.84. The molecule has 2 aromatic carbocycles. The maximum absolute atomic E-state index is 5.77. The standard InChI is InChI=1S/C18H22N2O/c1-20-9-8-16-17(12-20)15(6-7-18(16)21-2)14-5-3-4-13(10-14)11-19/h3-7,10H,8-9,11-12,19H2,1-2H3. The molecule has 0 spiro atoms. The predicted octanol–water partition coefficient (Wildman–Crippen LogP) is 2.81. The van der Waals surface area contributed by atoms with Crippen LogP contribution in [-0.2, 0) is 19.5 Å². The molecule has 0 saturated heterocycles. The number of benzene rings is 2. The van der Waals surface area contributed by atoms with E-state index in [-0.39, 0.29) is 0 Å². The largest absolute Gasteiger partial charge is 0.496 e. The highest BCUT2D eigenvalue weighted by molar-refractivity contribution is 5.71. The quantitative estimate of drug-likeness (QED) is 0.941. The van der Waals surface area contributed by atoms with E-state index >= 15 is 0 Å². The number of hydrogen-bond donors (Lipinski definition) is 1. The SMILES string of the molecule is COc1ccc(-c2cccc(CN)c2)c2c1CCN(C)C2. The number of rotatable bonds is 3. The molecule has 3 heteroatoms. The van der Waals surface area contributed by atoms with Crippen molar-refractivity contribution in [2.24, 2.45) is 5.73 Å². The molecular weight excluding hydrogens is 260 g/mol. The highest BCUT2D eigenvalue weighted by Gasteiger charge is 2.20. The molecule has 0 aromatic heterocycles. The molecule has 0 atom stereocenters. The number of methoxy groups -OCH3 is 1. The van der Waals surface area contributed by atoms with Crippen LogP contribution < -0.4 is 10.5 Å². The van der Waals surface area contributed by atoms with Gasteiger partial charge in [0, 0.05) is 25.2 Å². The van der Waals surface area contributed by atoms with Crippen molar-refractivity contribution in [1.29, 1.82) is 0 Å². The molecule has 2 N–H and O–H groups in total. The Morgan fingerprint density at radius 2 is 2.05 bits per heavy atom. The Morgan fingerprint density at radius 3 is 2.81 bits per heavy atom. The molecule has 0 amide bonds.